The largest absolute Gasteiger partial charge is 0.313 e. The van der Waals surface area contributed by atoms with Crippen LogP contribution in [0.2, 0.25) is 0 Å². The monoisotopic (exact) mass is 296 g/mol. The molecular formula is C10H18F2N4O2S. The summed E-state index contributed by atoms with van der Waals surface area (Å²) in [7, 11) is -2.85. The summed E-state index contributed by atoms with van der Waals surface area (Å²) < 4.78 is 49.3. The molecule has 1 aromatic heterocycles. The van der Waals surface area contributed by atoms with E-state index in [1.165, 1.54) is 6.20 Å². The van der Waals surface area contributed by atoms with E-state index in [1.54, 1.807) is 0 Å². The van der Waals surface area contributed by atoms with Crippen molar-refractivity contribution in [1.82, 2.24) is 19.8 Å². The van der Waals surface area contributed by atoms with Crippen molar-refractivity contribution in [3.63, 3.8) is 0 Å². The summed E-state index contributed by atoms with van der Waals surface area (Å²) in [4.78, 5) is 0. The highest BCUT2D eigenvalue weighted by Crippen LogP contribution is 2.17. The van der Waals surface area contributed by atoms with Crippen molar-refractivity contribution in [3.05, 3.63) is 11.8 Å². The number of alkyl halides is 2. The van der Waals surface area contributed by atoms with Gasteiger partial charge < -0.3 is 5.32 Å². The topological polar surface area (TPSA) is 78.1 Å². The Labute approximate surface area is 111 Å². The Morgan fingerprint density at radius 3 is 2.79 bits per heavy atom. The number of nitrogens with one attached hydrogen (secondary N) is 2. The molecule has 110 valence electrons. The predicted molar refractivity (Wildman–Crippen MR) is 66.4 cm³/mol. The van der Waals surface area contributed by atoms with Gasteiger partial charge in [0.15, 0.2) is 5.03 Å². The molecule has 0 saturated heterocycles. The first-order chi connectivity index (χ1) is 8.89. The lowest BCUT2D eigenvalue weighted by Crippen LogP contribution is -2.32. The van der Waals surface area contributed by atoms with E-state index in [-0.39, 0.29) is 5.03 Å². The van der Waals surface area contributed by atoms with Crippen molar-refractivity contribution in [2.75, 3.05) is 20.1 Å². The third-order valence-electron chi connectivity index (χ3n) is 2.48. The van der Waals surface area contributed by atoms with Crippen molar-refractivity contribution in [3.8, 4) is 0 Å². The lowest BCUT2D eigenvalue weighted by atomic mass is 10.3. The normalized spacial score (nSPS) is 12.5. The number of nitrogens with zero attached hydrogens (tertiary/aromatic N) is 2. The number of H-pyrrole nitrogens is 1. The minimum atomic E-state index is -3.96. The summed E-state index contributed by atoms with van der Waals surface area (Å²) in [5.41, 5.74) is 0.439. The van der Waals surface area contributed by atoms with Crippen LogP contribution in [0, 0.1) is 0 Å². The van der Waals surface area contributed by atoms with Crippen molar-refractivity contribution in [2.24, 2.45) is 0 Å². The average molecular weight is 296 g/mol. The summed E-state index contributed by atoms with van der Waals surface area (Å²) in [6.45, 7) is 2.19. The number of hydrogen-bond donors (Lipinski definition) is 2. The number of rotatable bonds is 8. The average Bonchev–Trinajstić information content (AvgIpc) is 2.77. The third kappa shape index (κ3) is 4.22. The Hall–Kier alpha value is -1.06. The highest BCUT2D eigenvalue weighted by atomic mass is 32.2. The molecule has 0 aromatic carbocycles. The Morgan fingerprint density at radius 1 is 1.53 bits per heavy atom. The highest BCUT2D eigenvalue weighted by Gasteiger charge is 2.27. The van der Waals surface area contributed by atoms with Crippen molar-refractivity contribution in [2.45, 2.75) is 31.3 Å². The molecule has 1 heterocycles. The first kappa shape index (κ1) is 16.0. The molecule has 19 heavy (non-hydrogen) atoms. The van der Waals surface area contributed by atoms with Crippen LogP contribution in [0.15, 0.2) is 11.2 Å². The number of aromatic amines is 1. The molecule has 0 aliphatic heterocycles. The molecule has 0 fully saturated rings. The Kier molecular flexibility index (Phi) is 5.83. The summed E-state index contributed by atoms with van der Waals surface area (Å²) in [6, 6.07) is 0. The maximum absolute atomic E-state index is 12.3. The van der Waals surface area contributed by atoms with Crippen LogP contribution in [0.5, 0.6) is 0 Å². The van der Waals surface area contributed by atoms with Crippen LogP contribution in [0.25, 0.3) is 0 Å². The molecule has 0 aliphatic rings. The molecule has 0 atom stereocenters. The number of aromatic nitrogens is 2. The van der Waals surface area contributed by atoms with E-state index in [2.05, 4.69) is 15.5 Å². The van der Waals surface area contributed by atoms with Crippen molar-refractivity contribution in [1.29, 1.82) is 0 Å². The fraction of sp³-hybridized carbons (Fsp3) is 0.700. The van der Waals surface area contributed by atoms with E-state index < -0.39 is 23.0 Å². The SMILES string of the molecule is CCCNCc1cn[nH]c1S(=O)(=O)N(C)CC(F)F. The van der Waals surface area contributed by atoms with Gasteiger partial charge in [-0.2, -0.15) is 9.40 Å². The predicted octanol–water partition coefficient (Wildman–Crippen LogP) is 0.795. The maximum atomic E-state index is 12.3. The van der Waals surface area contributed by atoms with Crippen LogP contribution in [0.4, 0.5) is 8.78 Å². The number of sulfonamides is 1. The molecule has 0 bridgehead atoms. The van der Waals surface area contributed by atoms with Crippen molar-refractivity contribution < 1.29 is 17.2 Å². The van der Waals surface area contributed by atoms with Gasteiger partial charge >= 0.3 is 0 Å². The molecule has 0 aliphatic carbocycles. The van der Waals surface area contributed by atoms with Gasteiger partial charge in [-0.3, -0.25) is 5.10 Å². The van der Waals surface area contributed by atoms with Crippen LogP contribution in [0.1, 0.15) is 18.9 Å². The standard InChI is InChI=1S/C10H18F2N4O2S/c1-3-4-13-5-8-6-14-15-10(8)19(17,18)16(2)7-9(11)12/h6,9,13H,3-5,7H2,1-2H3,(H,14,15). The van der Waals surface area contributed by atoms with Gasteiger partial charge in [0.1, 0.15) is 0 Å². The molecule has 1 rings (SSSR count). The fourth-order valence-corrected chi connectivity index (χ4v) is 2.74. The van der Waals surface area contributed by atoms with Crippen LogP contribution < -0.4 is 5.32 Å². The van der Waals surface area contributed by atoms with Crippen LogP contribution >= 0.6 is 0 Å². The molecule has 6 nitrogen and oxygen atoms in total. The minimum absolute atomic E-state index is 0.140. The van der Waals surface area contributed by atoms with Gasteiger partial charge in [0.05, 0.1) is 12.7 Å². The smallest absolute Gasteiger partial charge is 0.260 e. The Balaban J connectivity index is 2.86. The molecule has 2 N–H and O–H groups in total. The van der Waals surface area contributed by atoms with Gasteiger partial charge in [-0.25, -0.2) is 17.2 Å². The van der Waals surface area contributed by atoms with E-state index in [1.807, 2.05) is 6.92 Å². The molecule has 0 spiro atoms. The first-order valence-electron chi connectivity index (χ1n) is 5.87. The quantitative estimate of drug-likeness (QED) is 0.695. The Bertz CT molecular complexity index is 489. The first-order valence-corrected chi connectivity index (χ1v) is 7.31. The molecule has 0 unspecified atom stereocenters. The highest BCUT2D eigenvalue weighted by molar-refractivity contribution is 7.89. The summed E-state index contributed by atoms with van der Waals surface area (Å²) >= 11 is 0. The van der Waals surface area contributed by atoms with E-state index in [4.69, 9.17) is 0 Å². The maximum Gasteiger partial charge on any atom is 0.260 e. The second-order valence-corrected chi connectivity index (χ2v) is 6.06. The van der Waals surface area contributed by atoms with E-state index in [9.17, 15) is 17.2 Å². The summed E-state index contributed by atoms with van der Waals surface area (Å²) in [5.74, 6) is 0. The molecule has 0 saturated carbocycles. The zero-order valence-electron chi connectivity index (χ0n) is 10.9. The van der Waals surface area contributed by atoms with Gasteiger partial charge in [-0.1, -0.05) is 6.92 Å². The fourth-order valence-electron chi connectivity index (χ4n) is 1.50. The third-order valence-corrected chi connectivity index (χ3v) is 4.32. The molecular weight excluding hydrogens is 278 g/mol. The lowest BCUT2D eigenvalue weighted by molar-refractivity contribution is 0.126. The van der Waals surface area contributed by atoms with Gasteiger partial charge in [0.2, 0.25) is 0 Å². The zero-order chi connectivity index (χ0) is 14.5. The van der Waals surface area contributed by atoms with E-state index >= 15 is 0 Å². The zero-order valence-corrected chi connectivity index (χ0v) is 11.7. The summed E-state index contributed by atoms with van der Waals surface area (Å²) in [6.07, 6.45) is -0.430. The van der Waals surface area contributed by atoms with E-state index in [0.717, 1.165) is 20.0 Å². The van der Waals surface area contributed by atoms with Gasteiger partial charge in [0.25, 0.3) is 16.4 Å². The summed E-state index contributed by atoms with van der Waals surface area (Å²) in [5, 5.41) is 8.93. The van der Waals surface area contributed by atoms with Crippen LogP contribution in [0.3, 0.4) is 0 Å². The molecule has 0 amide bonds. The van der Waals surface area contributed by atoms with Crippen LogP contribution in [-0.2, 0) is 16.6 Å². The lowest BCUT2D eigenvalue weighted by Gasteiger charge is -2.16. The van der Waals surface area contributed by atoms with Crippen LogP contribution in [-0.4, -0.2) is 49.5 Å². The van der Waals surface area contributed by atoms with Gasteiger partial charge in [-0.05, 0) is 13.0 Å². The second-order valence-electron chi connectivity index (χ2n) is 4.08. The number of hydrogen-bond acceptors (Lipinski definition) is 4. The van der Waals surface area contributed by atoms with Crippen molar-refractivity contribution >= 4 is 10.0 Å². The molecule has 9 heteroatoms. The van der Waals surface area contributed by atoms with Gasteiger partial charge in [0, 0.05) is 19.2 Å². The minimum Gasteiger partial charge on any atom is -0.313 e. The molecule has 0 radical (unpaired) electrons. The number of halogens is 2. The van der Waals surface area contributed by atoms with E-state index in [0.29, 0.717) is 16.4 Å². The molecule has 1 aromatic rings. The van der Waals surface area contributed by atoms with Gasteiger partial charge in [-0.15, -0.1) is 0 Å². The Morgan fingerprint density at radius 2 is 2.21 bits per heavy atom. The second kappa shape index (κ2) is 6.92.